The molecule has 0 radical (unpaired) electrons. The fourth-order valence-corrected chi connectivity index (χ4v) is 3.82. The molecule has 0 aromatic heterocycles. The highest BCUT2D eigenvalue weighted by atomic mass is 35.5. The van der Waals surface area contributed by atoms with E-state index in [4.69, 9.17) is 16.3 Å². The third kappa shape index (κ3) is 4.44. The molecule has 2 fully saturated rings. The van der Waals surface area contributed by atoms with E-state index in [-0.39, 0.29) is 30.5 Å². The molecule has 1 saturated heterocycles. The number of anilines is 1. The number of halogens is 2. The van der Waals surface area contributed by atoms with Gasteiger partial charge < -0.3 is 10.1 Å². The molecule has 1 amide bonds. The second kappa shape index (κ2) is 8.29. The first-order chi connectivity index (χ1) is 10.2. The molecule has 1 aromatic carbocycles. The molecule has 0 spiro atoms. The minimum Gasteiger partial charge on any atom is -0.489 e. The minimum absolute atomic E-state index is 0. The number of rotatable bonds is 4. The van der Waals surface area contributed by atoms with Gasteiger partial charge in [-0.05, 0) is 43.9 Å². The molecule has 1 saturated carbocycles. The Bertz CT molecular complexity index is 518. The highest BCUT2D eigenvalue weighted by Gasteiger charge is 2.23. The third-order valence-electron chi connectivity index (χ3n) is 3.83. The van der Waals surface area contributed by atoms with Crippen molar-refractivity contribution in [2.75, 3.05) is 16.9 Å². The van der Waals surface area contributed by atoms with Gasteiger partial charge in [0.2, 0.25) is 5.91 Å². The van der Waals surface area contributed by atoms with Crippen LogP contribution < -0.4 is 15.4 Å². The summed E-state index contributed by atoms with van der Waals surface area (Å²) in [6, 6.07) is 5.32. The fraction of sp³-hybridized carbons (Fsp3) is 0.533. The first kappa shape index (κ1) is 17.7. The summed E-state index contributed by atoms with van der Waals surface area (Å²) in [7, 11) is 0. The lowest BCUT2D eigenvalue weighted by Gasteiger charge is -2.16. The van der Waals surface area contributed by atoms with Crippen molar-refractivity contribution in [1.29, 1.82) is 0 Å². The summed E-state index contributed by atoms with van der Waals surface area (Å²) in [6.45, 7) is 0. The Morgan fingerprint density at radius 2 is 2.14 bits per heavy atom. The number of amides is 1. The van der Waals surface area contributed by atoms with E-state index >= 15 is 0 Å². The molecular weight excluding hydrogens is 343 g/mol. The van der Waals surface area contributed by atoms with E-state index in [2.05, 4.69) is 10.6 Å². The standard InChI is InChI=1S/C15H19ClN2O2S.ClH/c16-12-7-10(18-15(19)13-8-21-9-17-13)5-6-14(12)20-11-3-1-2-4-11;/h5-7,11,13,17H,1-4,8-9H2,(H,18,19);1H. The maximum absolute atomic E-state index is 12.0. The van der Waals surface area contributed by atoms with Crippen molar-refractivity contribution in [3.8, 4) is 5.75 Å². The third-order valence-corrected chi connectivity index (χ3v) is 5.06. The maximum atomic E-state index is 12.0. The van der Waals surface area contributed by atoms with Crippen LogP contribution in [-0.2, 0) is 4.79 Å². The summed E-state index contributed by atoms with van der Waals surface area (Å²) in [6.07, 6.45) is 4.92. The molecule has 3 rings (SSSR count). The highest BCUT2D eigenvalue weighted by molar-refractivity contribution is 7.99. The number of thioether (sulfide) groups is 1. The van der Waals surface area contributed by atoms with Crippen molar-refractivity contribution >= 4 is 47.4 Å². The Balaban J connectivity index is 0.00000176. The smallest absolute Gasteiger partial charge is 0.242 e. The van der Waals surface area contributed by atoms with Gasteiger partial charge in [-0.25, -0.2) is 0 Å². The van der Waals surface area contributed by atoms with Crippen molar-refractivity contribution in [3.05, 3.63) is 23.2 Å². The fourth-order valence-electron chi connectivity index (χ4n) is 2.65. The monoisotopic (exact) mass is 362 g/mol. The summed E-state index contributed by atoms with van der Waals surface area (Å²) in [5.41, 5.74) is 0.711. The van der Waals surface area contributed by atoms with Gasteiger partial charge in [-0.15, -0.1) is 24.2 Å². The van der Waals surface area contributed by atoms with Gasteiger partial charge in [0, 0.05) is 17.3 Å². The van der Waals surface area contributed by atoms with Crippen molar-refractivity contribution in [1.82, 2.24) is 5.32 Å². The van der Waals surface area contributed by atoms with Crippen LogP contribution in [0.5, 0.6) is 5.75 Å². The summed E-state index contributed by atoms with van der Waals surface area (Å²) < 4.78 is 5.91. The Morgan fingerprint density at radius 3 is 2.77 bits per heavy atom. The van der Waals surface area contributed by atoms with Gasteiger partial charge in [0.25, 0.3) is 0 Å². The zero-order chi connectivity index (χ0) is 14.7. The number of hydrogen-bond donors (Lipinski definition) is 2. The molecule has 2 aliphatic rings. The van der Waals surface area contributed by atoms with Gasteiger partial charge in [-0.2, -0.15) is 0 Å². The lowest BCUT2D eigenvalue weighted by atomic mass is 10.2. The van der Waals surface area contributed by atoms with Gasteiger partial charge in [0.1, 0.15) is 5.75 Å². The van der Waals surface area contributed by atoms with E-state index < -0.39 is 0 Å². The van der Waals surface area contributed by atoms with Crippen LogP contribution in [0.2, 0.25) is 5.02 Å². The normalized spacial score (nSPS) is 21.4. The predicted octanol–water partition coefficient (Wildman–Crippen LogP) is 3.68. The number of benzene rings is 1. The zero-order valence-electron chi connectivity index (χ0n) is 12.1. The van der Waals surface area contributed by atoms with Crippen LogP contribution in [0.3, 0.4) is 0 Å². The topological polar surface area (TPSA) is 50.4 Å². The van der Waals surface area contributed by atoms with Crippen LogP contribution in [0.1, 0.15) is 25.7 Å². The van der Waals surface area contributed by atoms with E-state index in [1.165, 1.54) is 12.8 Å². The maximum Gasteiger partial charge on any atom is 0.242 e. The lowest BCUT2D eigenvalue weighted by molar-refractivity contribution is -0.117. The van der Waals surface area contributed by atoms with E-state index in [0.29, 0.717) is 16.5 Å². The molecule has 1 unspecified atom stereocenters. The summed E-state index contributed by atoms with van der Waals surface area (Å²) in [5.74, 6) is 2.33. The molecule has 122 valence electrons. The lowest BCUT2D eigenvalue weighted by Crippen LogP contribution is -2.37. The van der Waals surface area contributed by atoms with Crippen molar-refractivity contribution in [3.63, 3.8) is 0 Å². The van der Waals surface area contributed by atoms with Gasteiger partial charge in [0.15, 0.2) is 0 Å². The summed E-state index contributed by atoms with van der Waals surface area (Å²) in [4.78, 5) is 12.0. The Labute approximate surface area is 146 Å². The molecule has 7 heteroatoms. The summed E-state index contributed by atoms with van der Waals surface area (Å²) >= 11 is 7.98. The predicted molar refractivity (Wildman–Crippen MR) is 94.5 cm³/mol. The Morgan fingerprint density at radius 1 is 1.36 bits per heavy atom. The van der Waals surface area contributed by atoms with Crippen molar-refractivity contribution in [2.24, 2.45) is 0 Å². The zero-order valence-corrected chi connectivity index (χ0v) is 14.5. The molecular formula is C15H20Cl2N2O2S. The van der Waals surface area contributed by atoms with Crippen LogP contribution in [0.15, 0.2) is 18.2 Å². The second-order valence-corrected chi connectivity index (χ2v) is 6.87. The first-order valence-corrected chi connectivity index (χ1v) is 8.84. The van der Waals surface area contributed by atoms with Crippen LogP contribution >= 0.6 is 35.8 Å². The number of carbonyl (C=O) groups excluding carboxylic acids is 1. The van der Waals surface area contributed by atoms with Crippen LogP contribution in [-0.4, -0.2) is 29.7 Å². The quantitative estimate of drug-likeness (QED) is 0.857. The van der Waals surface area contributed by atoms with Crippen molar-refractivity contribution in [2.45, 2.75) is 37.8 Å². The summed E-state index contributed by atoms with van der Waals surface area (Å²) in [5, 5.41) is 6.58. The molecule has 4 nitrogen and oxygen atoms in total. The van der Waals surface area contributed by atoms with E-state index in [1.54, 1.807) is 17.8 Å². The van der Waals surface area contributed by atoms with Crippen LogP contribution in [0, 0.1) is 0 Å². The van der Waals surface area contributed by atoms with E-state index in [0.717, 1.165) is 24.5 Å². The largest absolute Gasteiger partial charge is 0.489 e. The van der Waals surface area contributed by atoms with Gasteiger partial charge >= 0.3 is 0 Å². The molecule has 22 heavy (non-hydrogen) atoms. The number of carbonyl (C=O) groups is 1. The van der Waals surface area contributed by atoms with E-state index in [9.17, 15) is 4.79 Å². The number of hydrogen-bond acceptors (Lipinski definition) is 4. The van der Waals surface area contributed by atoms with Crippen molar-refractivity contribution < 1.29 is 9.53 Å². The van der Waals surface area contributed by atoms with Gasteiger partial charge in [-0.3, -0.25) is 10.1 Å². The van der Waals surface area contributed by atoms with E-state index in [1.807, 2.05) is 12.1 Å². The van der Waals surface area contributed by atoms with Crippen LogP contribution in [0.4, 0.5) is 5.69 Å². The average molecular weight is 363 g/mol. The minimum atomic E-state index is -0.122. The molecule has 1 aromatic rings. The second-order valence-electron chi connectivity index (χ2n) is 5.43. The van der Waals surface area contributed by atoms with Crippen LogP contribution in [0.25, 0.3) is 0 Å². The average Bonchev–Trinajstić information content (AvgIpc) is 3.14. The first-order valence-electron chi connectivity index (χ1n) is 7.30. The molecule has 1 aliphatic carbocycles. The number of ether oxygens (including phenoxy) is 1. The molecule has 1 aliphatic heterocycles. The van der Waals surface area contributed by atoms with Gasteiger partial charge in [-0.1, -0.05) is 11.6 Å². The molecule has 1 atom stereocenters. The Kier molecular flexibility index (Phi) is 6.68. The molecule has 0 bridgehead atoms. The van der Waals surface area contributed by atoms with Gasteiger partial charge in [0.05, 0.1) is 17.2 Å². The SMILES string of the molecule is Cl.O=C(Nc1ccc(OC2CCCC2)c(Cl)c1)C1CSCN1. The Hall–Kier alpha value is -0.620. The molecule has 2 N–H and O–H groups in total. The highest BCUT2D eigenvalue weighted by Crippen LogP contribution is 2.31. The molecule has 1 heterocycles. The number of nitrogens with one attached hydrogen (secondary N) is 2.